The molecule has 7 nitrogen and oxygen atoms in total. The predicted octanol–water partition coefficient (Wildman–Crippen LogP) is 3.75. The minimum absolute atomic E-state index is 0.196. The summed E-state index contributed by atoms with van der Waals surface area (Å²) in [4.78, 5) is 37.5. The summed E-state index contributed by atoms with van der Waals surface area (Å²) < 4.78 is 7.35. The molecule has 1 aliphatic heterocycles. The van der Waals surface area contributed by atoms with Crippen LogP contribution < -0.4 is 4.90 Å². The number of rotatable bonds is 5. The maximum Gasteiger partial charge on any atom is 0.321 e. The number of ether oxygens (including phenoxy) is 1. The van der Waals surface area contributed by atoms with E-state index < -0.39 is 17.9 Å². The Balaban J connectivity index is 1.75. The van der Waals surface area contributed by atoms with Crippen LogP contribution in [0.25, 0.3) is 11.0 Å². The van der Waals surface area contributed by atoms with Crippen molar-refractivity contribution in [3.8, 4) is 0 Å². The lowest BCUT2D eigenvalue weighted by Gasteiger charge is -2.37. The number of fused-ring (bicyclic) bond motifs is 3. The first-order chi connectivity index (χ1) is 15.7. The molecular weight excluding hydrogens is 404 g/mol. The Labute approximate surface area is 185 Å². The number of hydrogen-bond acceptors (Lipinski definition) is 5. The fourth-order valence-electron chi connectivity index (χ4n) is 4.33. The molecule has 0 fully saturated rings. The first-order valence-corrected chi connectivity index (χ1v) is 10.6. The van der Waals surface area contributed by atoms with Crippen LogP contribution in [0.4, 0.5) is 5.95 Å². The Morgan fingerprint density at radius 2 is 1.72 bits per heavy atom. The topological polar surface area (TPSA) is 77.3 Å². The van der Waals surface area contributed by atoms with E-state index in [9.17, 15) is 9.59 Å². The average molecular weight is 426 g/mol. The number of nitrogens with zero attached hydrogens (tertiary/aromatic N) is 4. The summed E-state index contributed by atoms with van der Waals surface area (Å²) in [5.74, 6) is -1.38. The Kier molecular flexibility index (Phi) is 5.15. The number of benzene rings is 2. The molecule has 0 aliphatic carbocycles. The van der Waals surface area contributed by atoms with Gasteiger partial charge in [0.1, 0.15) is 0 Å². The molecule has 3 heterocycles. The maximum absolute atomic E-state index is 13.8. The third kappa shape index (κ3) is 3.32. The van der Waals surface area contributed by atoms with Crippen LogP contribution in [0.3, 0.4) is 0 Å². The van der Waals surface area contributed by atoms with Gasteiger partial charge in [-0.25, -0.2) is 4.98 Å². The molecule has 1 aliphatic rings. The minimum Gasteiger partial charge on any atom is -0.465 e. The highest BCUT2D eigenvalue weighted by Crippen LogP contribution is 2.41. The second kappa shape index (κ2) is 8.26. The molecule has 0 saturated carbocycles. The van der Waals surface area contributed by atoms with Crippen molar-refractivity contribution in [2.45, 2.75) is 19.5 Å². The molecule has 0 unspecified atom stereocenters. The summed E-state index contributed by atoms with van der Waals surface area (Å²) in [6.45, 7) is 2.25. The molecule has 0 saturated heterocycles. The fourth-order valence-corrected chi connectivity index (χ4v) is 4.33. The quantitative estimate of drug-likeness (QED) is 0.359. The van der Waals surface area contributed by atoms with Crippen LogP contribution in [0, 0.1) is 5.92 Å². The Morgan fingerprint density at radius 3 is 2.47 bits per heavy atom. The van der Waals surface area contributed by atoms with Gasteiger partial charge in [0, 0.05) is 12.4 Å². The van der Waals surface area contributed by atoms with E-state index in [4.69, 9.17) is 9.72 Å². The second-order valence-corrected chi connectivity index (χ2v) is 7.64. The van der Waals surface area contributed by atoms with Crippen LogP contribution in [0.5, 0.6) is 0 Å². The van der Waals surface area contributed by atoms with Gasteiger partial charge in [-0.3, -0.25) is 19.5 Å². The number of imidazole rings is 1. The number of aromatic nitrogens is 3. The van der Waals surface area contributed by atoms with Crippen LogP contribution in [0.1, 0.15) is 24.1 Å². The van der Waals surface area contributed by atoms with Gasteiger partial charge in [0.2, 0.25) is 11.9 Å². The van der Waals surface area contributed by atoms with E-state index in [1.54, 1.807) is 24.2 Å². The number of pyridine rings is 1. The molecule has 32 heavy (non-hydrogen) atoms. The zero-order valence-corrected chi connectivity index (χ0v) is 17.6. The number of carbonyl (C=O) groups excluding carboxylic acids is 2. The highest BCUT2D eigenvalue weighted by atomic mass is 16.5. The van der Waals surface area contributed by atoms with Crippen molar-refractivity contribution in [1.29, 1.82) is 0 Å². The summed E-state index contributed by atoms with van der Waals surface area (Å²) in [6.07, 6.45) is 3.33. The normalized spacial score (nSPS) is 17.9. The largest absolute Gasteiger partial charge is 0.465 e. The fraction of sp³-hybridized carbons (Fsp3) is 0.200. The van der Waals surface area contributed by atoms with Gasteiger partial charge in [-0.2, -0.15) is 0 Å². The average Bonchev–Trinajstić information content (AvgIpc) is 3.21. The number of amides is 1. The van der Waals surface area contributed by atoms with E-state index in [1.807, 2.05) is 71.3 Å². The molecular formula is C25H22N4O3. The Morgan fingerprint density at radius 1 is 1.00 bits per heavy atom. The highest BCUT2D eigenvalue weighted by molar-refractivity contribution is 6.08. The van der Waals surface area contributed by atoms with Crippen molar-refractivity contribution >= 4 is 28.9 Å². The Hall–Kier alpha value is -4.00. The van der Waals surface area contributed by atoms with E-state index in [2.05, 4.69) is 4.98 Å². The van der Waals surface area contributed by atoms with Gasteiger partial charge in [-0.1, -0.05) is 42.5 Å². The van der Waals surface area contributed by atoms with Gasteiger partial charge in [-0.05, 0) is 42.3 Å². The molecule has 0 radical (unpaired) electrons. The first kappa shape index (κ1) is 19.9. The smallest absolute Gasteiger partial charge is 0.321 e. The molecule has 0 bridgehead atoms. The van der Waals surface area contributed by atoms with Crippen molar-refractivity contribution in [3.63, 3.8) is 0 Å². The predicted molar refractivity (Wildman–Crippen MR) is 120 cm³/mol. The molecule has 2 aromatic heterocycles. The number of anilines is 1. The van der Waals surface area contributed by atoms with Crippen LogP contribution >= 0.6 is 0 Å². The standard InChI is InChI=1S/C25H22N4O3/c1-2-32-24(31)21-22(18-12-14-26-15-13-18)29-20-11-7-6-10-19(20)27-25(29)28(23(21)30)16-17-8-4-3-5-9-17/h3-15,21-22H,2,16H2,1H3/t21-,22-/m1/s1. The summed E-state index contributed by atoms with van der Waals surface area (Å²) in [6, 6.07) is 20.5. The van der Waals surface area contributed by atoms with E-state index in [0.29, 0.717) is 12.5 Å². The van der Waals surface area contributed by atoms with Crippen molar-refractivity contribution in [3.05, 3.63) is 90.3 Å². The van der Waals surface area contributed by atoms with Gasteiger partial charge in [-0.15, -0.1) is 0 Å². The van der Waals surface area contributed by atoms with E-state index >= 15 is 0 Å². The summed E-state index contributed by atoms with van der Waals surface area (Å²) in [5.41, 5.74) is 3.36. The lowest BCUT2D eigenvalue weighted by molar-refractivity contribution is -0.153. The lowest BCUT2D eigenvalue weighted by atomic mass is 9.89. The molecule has 2 aromatic carbocycles. The van der Waals surface area contributed by atoms with Crippen LogP contribution in [0.15, 0.2) is 79.1 Å². The summed E-state index contributed by atoms with van der Waals surface area (Å²) in [7, 11) is 0. The van der Waals surface area contributed by atoms with Crippen LogP contribution in [-0.2, 0) is 20.9 Å². The monoisotopic (exact) mass is 426 g/mol. The van der Waals surface area contributed by atoms with Crippen molar-refractivity contribution < 1.29 is 14.3 Å². The number of carbonyl (C=O) groups is 2. The zero-order chi connectivity index (χ0) is 22.1. The molecule has 7 heteroatoms. The highest BCUT2D eigenvalue weighted by Gasteiger charge is 2.47. The van der Waals surface area contributed by atoms with E-state index in [-0.39, 0.29) is 12.5 Å². The zero-order valence-electron chi connectivity index (χ0n) is 17.6. The van der Waals surface area contributed by atoms with Gasteiger partial charge in [0.25, 0.3) is 0 Å². The molecule has 2 atom stereocenters. The van der Waals surface area contributed by atoms with Crippen molar-refractivity contribution in [2.24, 2.45) is 5.92 Å². The number of esters is 1. The minimum atomic E-state index is -1.04. The van der Waals surface area contributed by atoms with E-state index in [1.165, 1.54) is 0 Å². The van der Waals surface area contributed by atoms with Gasteiger partial charge < -0.3 is 9.30 Å². The molecule has 4 aromatic rings. The van der Waals surface area contributed by atoms with E-state index in [0.717, 1.165) is 22.2 Å². The van der Waals surface area contributed by atoms with Crippen molar-refractivity contribution in [1.82, 2.24) is 14.5 Å². The molecule has 1 amide bonds. The van der Waals surface area contributed by atoms with Crippen LogP contribution in [-0.4, -0.2) is 33.0 Å². The summed E-state index contributed by atoms with van der Waals surface area (Å²) in [5, 5.41) is 0. The molecule has 5 rings (SSSR count). The SMILES string of the molecule is CCOC(=O)[C@H]1C(=O)N(Cc2ccccc2)c2nc3ccccc3n2[C@@H]1c1ccncc1. The Bertz CT molecular complexity index is 1270. The second-order valence-electron chi connectivity index (χ2n) is 7.64. The van der Waals surface area contributed by atoms with Crippen LogP contribution in [0.2, 0.25) is 0 Å². The third-order valence-electron chi connectivity index (χ3n) is 5.72. The first-order valence-electron chi connectivity index (χ1n) is 10.6. The number of hydrogen-bond donors (Lipinski definition) is 0. The maximum atomic E-state index is 13.8. The van der Waals surface area contributed by atoms with Gasteiger partial charge in [0.05, 0.1) is 30.2 Å². The molecule has 0 N–H and O–H groups in total. The lowest BCUT2D eigenvalue weighted by Crippen LogP contribution is -2.49. The number of para-hydroxylation sites is 2. The third-order valence-corrected chi connectivity index (χ3v) is 5.72. The molecule has 160 valence electrons. The molecule has 0 spiro atoms. The van der Waals surface area contributed by atoms with Crippen molar-refractivity contribution in [2.75, 3.05) is 11.5 Å². The van der Waals surface area contributed by atoms with Gasteiger partial charge in [0.15, 0.2) is 5.92 Å². The van der Waals surface area contributed by atoms with Gasteiger partial charge >= 0.3 is 5.97 Å². The summed E-state index contributed by atoms with van der Waals surface area (Å²) >= 11 is 0.